The largest absolute Gasteiger partial charge is 0.378 e. The van der Waals surface area contributed by atoms with Gasteiger partial charge in [0.05, 0.1) is 24.6 Å². The van der Waals surface area contributed by atoms with Crippen LogP contribution in [-0.4, -0.2) is 65.9 Å². The van der Waals surface area contributed by atoms with Crippen LogP contribution in [0.25, 0.3) is 11.3 Å². The fourth-order valence-electron chi connectivity index (χ4n) is 5.40. The molecule has 5 aromatic heterocycles. The lowest BCUT2D eigenvalue weighted by Crippen LogP contribution is -2.37. The maximum Gasteiger partial charge on any atom is 0.179 e. The molecule has 39 heavy (non-hydrogen) atoms. The van der Waals surface area contributed by atoms with Crippen LogP contribution in [0.4, 0.5) is 5.69 Å². The van der Waals surface area contributed by atoms with Gasteiger partial charge in [-0.25, -0.2) is 4.52 Å². The molecule has 0 saturated carbocycles. The van der Waals surface area contributed by atoms with Gasteiger partial charge in [0.15, 0.2) is 11.3 Å². The minimum Gasteiger partial charge on any atom is -0.378 e. The molecule has 0 amide bonds. The van der Waals surface area contributed by atoms with E-state index in [4.69, 9.17) is 9.72 Å². The molecule has 0 bridgehead atoms. The molecule has 6 heterocycles. The van der Waals surface area contributed by atoms with Gasteiger partial charge in [-0.05, 0) is 75.4 Å². The van der Waals surface area contributed by atoms with Crippen LogP contribution in [0.2, 0.25) is 0 Å². The van der Waals surface area contributed by atoms with Crippen LogP contribution in [-0.2, 0) is 17.6 Å². The van der Waals surface area contributed by atoms with Crippen molar-refractivity contribution in [1.82, 2.24) is 39.6 Å². The second-order valence-corrected chi connectivity index (χ2v) is 11.0. The molecular formula is C29H35N9O. The zero-order valence-electron chi connectivity index (χ0n) is 23.0. The van der Waals surface area contributed by atoms with Gasteiger partial charge in [0, 0.05) is 31.7 Å². The second-order valence-electron chi connectivity index (χ2n) is 11.0. The maximum absolute atomic E-state index is 5.63. The van der Waals surface area contributed by atoms with Gasteiger partial charge in [0.2, 0.25) is 0 Å². The van der Waals surface area contributed by atoms with Crippen molar-refractivity contribution >= 4 is 17.0 Å². The Balaban J connectivity index is 1.29. The molecule has 2 atom stereocenters. The van der Waals surface area contributed by atoms with Gasteiger partial charge >= 0.3 is 0 Å². The fraction of sp³-hybridized carbons (Fsp3) is 0.448. The summed E-state index contributed by atoms with van der Waals surface area (Å²) >= 11 is 0. The van der Waals surface area contributed by atoms with Crippen molar-refractivity contribution in [2.75, 3.05) is 31.2 Å². The smallest absolute Gasteiger partial charge is 0.179 e. The minimum absolute atomic E-state index is 0.253. The van der Waals surface area contributed by atoms with E-state index in [2.05, 4.69) is 87.1 Å². The predicted molar refractivity (Wildman–Crippen MR) is 149 cm³/mol. The Morgan fingerprint density at radius 1 is 0.897 bits per heavy atom. The number of morpholine rings is 1. The van der Waals surface area contributed by atoms with E-state index in [1.165, 1.54) is 27.9 Å². The van der Waals surface area contributed by atoms with Crippen molar-refractivity contribution in [3.8, 4) is 0 Å². The molecule has 10 heteroatoms. The number of hydrogen-bond donors (Lipinski definition) is 0. The number of rotatable bonds is 8. The van der Waals surface area contributed by atoms with Crippen molar-refractivity contribution in [3.05, 3.63) is 77.1 Å². The van der Waals surface area contributed by atoms with E-state index in [-0.39, 0.29) is 11.8 Å². The highest BCUT2D eigenvalue weighted by Crippen LogP contribution is 2.31. The van der Waals surface area contributed by atoms with Crippen LogP contribution in [0.5, 0.6) is 0 Å². The highest BCUT2D eigenvalue weighted by atomic mass is 16.5. The maximum atomic E-state index is 5.63. The standard InChI is InChI=1S/C29H35N9O/c1-19(2)24-14-27(36-7-9-39-10-8-36)26(30-15-24)12-21(4)25-13-23(29-33-31-18-37(29)16-25)11-20(3)22-5-6-28-32-34-35-38(28)17-22/h5-6,13-21H,7-12H2,1-4H3/t20-,21-/m0/s1. The van der Waals surface area contributed by atoms with E-state index >= 15 is 0 Å². The van der Waals surface area contributed by atoms with Crippen molar-refractivity contribution in [2.45, 2.75) is 58.3 Å². The van der Waals surface area contributed by atoms with Crippen LogP contribution in [0, 0.1) is 0 Å². The zero-order valence-corrected chi connectivity index (χ0v) is 23.0. The molecule has 0 aliphatic carbocycles. The number of aromatic nitrogens is 8. The SMILES string of the molecule is CC(C)c1cnc(C[C@H](C)c2cc(C[C@H](C)c3ccc4nnnn4c3)c3nncn3c2)c(N2CCOCC2)c1. The summed E-state index contributed by atoms with van der Waals surface area (Å²) in [6, 6.07) is 8.70. The molecule has 202 valence electrons. The first kappa shape index (κ1) is 25.4. The molecule has 1 aliphatic heterocycles. The summed E-state index contributed by atoms with van der Waals surface area (Å²) in [4.78, 5) is 7.42. The molecule has 1 saturated heterocycles. The number of hydrogen-bond acceptors (Lipinski definition) is 8. The predicted octanol–water partition coefficient (Wildman–Crippen LogP) is 4.21. The highest BCUT2D eigenvalue weighted by Gasteiger charge is 2.21. The second kappa shape index (κ2) is 10.7. The topological polar surface area (TPSA) is 98.6 Å². The van der Waals surface area contributed by atoms with Crippen LogP contribution in [0.15, 0.2) is 49.2 Å². The summed E-state index contributed by atoms with van der Waals surface area (Å²) in [5.74, 6) is 0.953. The average Bonchev–Trinajstić information content (AvgIpc) is 3.63. The molecule has 0 radical (unpaired) electrons. The summed E-state index contributed by atoms with van der Waals surface area (Å²) in [6.07, 6.45) is 9.70. The normalized spacial score (nSPS) is 15.9. The zero-order chi connectivity index (χ0) is 26.9. The van der Waals surface area contributed by atoms with Gasteiger partial charge in [0.1, 0.15) is 6.33 Å². The van der Waals surface area contributed by atoms with E-state index in [0.29, 0.717) is 5.92 Å². The van der Waals surface area contributed by atoms with Crippen molar-refractivity contribution in [2.24, 2.45) is 0 Å². The first-order valence-corrected chi connectivity index (χ1v) is 13.8. The van der Waals surface area contributed by atoms with Crippen LogP contribution < -0.4 is 4.90 Å². The highest BCUT2D eigenvalue weighted by molar-refractivity contribution is 5.54. The molecule has 0 unspecified atom stereocenters. The van der Waals surface area contributed by atoms with Gasteiger partial charge in [-0.3, -0.25) is 9.38 Å². The van der Waals surface area contributed by atoms with E-state index in [1.807, 2.05) is 18.5 Å². The van der Waals surface area contributed by atoms with Crippen LogP contribution >= 0.6 is 0 Å². The number of pyridine rings is 3. The van der Waals surface area contributed by atoms with Crippen molar-refractivity contribution < 1.29 is 4.74 Å². The lowest BCUT2D eigenvalue weighted by Gasteiger charge is -2.31. The fourth-order valence-corrected chi connectivity index (χ4v) is 5.40. The third-order valence-electron chi connectivity index (χ3n) is 7.85. The Morgan fingerprint density at radius 2 is 1.72 bits per heavy atom. The van der Waals surface area contributed by atoms with Crippen molar-refractivity contribution in [3.63, 3.8) is 0 Å². The van der Waals surface area contributed by atoms with Crippen molar-refractivity contribution in [1.29, 1.82) is 0 Å². The Bertz CT molecular complexity index is 1580. The average molecular weight is 526 g/mol. The number of tetrazole rings is 1. The van der Waals surface area contributed by atoms with E-state index in [0.717, 1.165) is 56.1 Å². The first-order valence-electron chi connectivity index (χ1n) is 13.8. The van der Waals surface area contributed by atoms with E-state index < -0.39 is 0 Å². The lowest BCUT2D eigenvalue weighted by atomic mass is 9.91. The van der Waals surface area contributed by atoms with Gasteiger partial charge in [0.25, 0.3) is 0 Å². The number of anilines is 1. The summed E-state index contributed by atoms with van der Waals surface area (Å²) in [7, 11) is 0. The number of ether oxygens (including phenoxy) is 1. The quantitative estimate of drug-likeness (QED) is 0.297. The van der Waals surface area contributed by atoms with Gasteiger partial charge < -0.3 is 9.64 Å². The minimum atomic E-state index is 0.253. The number of fused-ring (bicyclic) bond motifs is 2. The first-order chi connectivity index (χ1) is 19.0. The molecule has 0 N–H and O–H groups in total. The molecule has 0 spiro atoms. The Hall–Kier alpha value is -3.92. The van der Waals surface area contributed by atoms with E-state index in [1.54, 1.807) is 10.8 Å². The molecule has 5 aromatic rings. The Labute approximate surface area is 228 Å². The Morgan fingerprint density at radius 3 is 2.54 bits per heavy atom. The lowest BCUT2D eigenvalue weighted by molar-refractivity contribution is 0.122. The summed E-state index contributed by atoms with van der Waals surface area (Å²) in [5.41, 5.74) is 8.91. The molecule has 1 fully saturated rings. The summed E-state index contributed by atoms with van der Waals surface area (Å²) < 4.78 is 9.40. The molecule has 10 nitrogen and oxygen atoms in total. The third-order valence-corrected chi connectivity index (χ3v) is 7.85. The van der Waals surface area contributed by atoms with Gasteiger partial charge in [-0.2, -0.15) is 0 Å². The molecular weight excluding hydrogens is 490 g/mol. The Kier molecular flexibility index (Phi) is 6.95. The monoisotopic (exact) mass is 525 g/mol. The molecule has 6 rings (SSSR count). The third kappa shape index (κ3) is 5.21. The van der Waals surface area contributed by atoms with E-state index in [9.17, 15) is 0 Å². The van der Waals surface area contributed by atoms with Crippen LogP contribution in [0.1, 0.15) is 73.4 Å². The van der Waals surface area contributed by atoms with Crippen LogP contribution in [0.3, 0.4) is 0 Å². The summed E-state index contributed by atoms with van der Waals surface area (Å²) in [5, 5.41) is 20.5. The van der Waals surface area contributed by atoms with Gasteiger partial charge in [-0.15, -0.1) is 15.3 Å². The summed E-state index contributed by atoms with van der Waals surface area (Å²) in [6.45, 7) is 12.3. The molecule has 0 aromatic carbocycles. The van der Waals surface area contributed by atoms with Gasteiger partial charge in [-0.1, -0.05) is 39.8 Å². The number of nitrogens with zero attached hydrogens (tertiary/aromatic N) is 9. The molecule has 1 aliphatic rings.